The van der Waals surface area contributed by atoms with Crippen molar-refractivity contribution in [3.8, 4) is 0 Å². The van der Waals surface area contributed by atoms with E-state index in [9.17, 15) is 10.1 Å². The van der Waals surface area contributed by atoms with Gasteiger partial charge >= 0.3 is 5.69 Å². The number of hydrogen-bond donors (Lipinski definition) is 1. The molecule has 1 aliphatic carbocycles. The second-order valence-corrected chi connectivity index (χ2v) is 5.04. The largest absolute Gasteiger partial charge is 0.364 e. The number of rotatable bonds is 6. The predicted molar refractivity (Wildman–Crippen MR) is 73.4 cm³/mol. The highest BCUT2D eigenvalue weighted by Gasteiger charge is 2.35. The van der Waals surface area contributed by atoms with E-state index in [0.717, 1.165) is 6.54 Å². The number of anilines is 2. The molecule has 0 spiro atoms. The lowest BCUT2D eigenvalue weighted by molar-refractivity contribution is -0.383. The molecular weight excluding hydrogens is 246 g/mol. The van der Waals surface area contributed by atoms with Crippen molar-refractivity contribution in [2.75, 3.05) is 30.4 Å². The molecule has 0 radical (unpaired) electrons. The van der Waals surface area contributed by atoms with Crippen LogP contribution in [0.2, 0.25) is 0 Å². The molecule has 0 aliphatic heterocycles. The van der Waals surface area contributed by atoms with Gasteiger partial charge in [-0.1, -0.05) is 6.92 Å². The van der Waals surface area contributed by atoms with Gasteiger partial charge in [-0.2, -0.15) is 0 Å². The van der Waals surface area contributed by atoms with Gasteiger partial charge in [-0.15, -0.1) is 0 Å². The van der Waals surface area contributed by atoms with Crippen molar-refractivity contribution in [1.82, 2.24) is 9.97 Å². The van der Waals surface area contributed by atoms with Crippen molar-refractivity contribution >= 4 is 17.3 Å². The van der Waals surface area contributed by atoms with Crippen LogP contribution in [0.1, 0.15) is 20.3 Å². The zero-order chi connectivity index (χ0) is 14.0. The van der Waals surface area contributed by atoms with E-state index >= 15 is 0 Å². The Morgan fingerprint density at radius 2 is 2.26 bits per heavy atom. The zero-order valence-electron chi connectivity index (χ0n) is 11.5. The fourth-order valence-electron chi connectivity index (χ4n) is 2.21. The Morgan fingerprint density at radius 3 is 2.79 bits per heavy atom. The highest BCUT2D eigenvalue weighted by atomic mass is 16.6. The van der Waals surface area contributed by atoms with Gasteiger partial charge in [0.05, 0.1) is 4.92 Å². The van der Waals surface area contributed by atoms with Crippen molar-refractivity contribution in [3.63, 3.8) is 0 Å². The Morgan fingerprint density at radius 1 is 1.58 bits per heavy atom. The van der Waals surface area contributed by atoms with Crippen LogP contribution in [0, 0.1) is 22.0 Å². The summed E-state index contributed by atoms with van der Waals surface area (Å²) in [5.41, 5.74) is -0.0415. The Labute approximate surface area is 112 Å². The first kappa shape index (κ1) is 13.5. The van der Waals surface area contributed by atoms with Crippen LogP contribution in [-0.2, 0) is 0 Å². The van der Waals surface area contributed by atoms with Gasteiger partial charge in [-0.05, 0) is 25.2 Å². The van der Waals surface area contributed by atoms with Gasteiger partial charge in [0, 0.05) is 20.1 Å². The van der Waals surface area contributed by atoms with Crippen LogP contribution in [0.15, 0.2) is 6.33 Å². The lowest BCUT2D eigenvalue weighted by Crippen LogP contribution is -2.23. The SMILES string of the molecule is CCNc1ncnc(N(C)CC2CC2C)c1[N+](=O)[O-]. The molecule has 1 fully saturated rings. The van der Waals surface area contributed by atoms with E-state index in [1.807, 2.05) is 18.9 Å². The van der Waals surface area contributed by atoms with Crippen molar-refractivity contribution in [2.24, 2.45) is 11.8 Å². The molecule has 19 heavy (non-hydrogen) atoms. The molecule has 1 saturated carbocycles. The summed E-state index contributed by atoms with van der Waals surface area (Å²) in [5, 5.41) is 14.2. The molecule has 1 heterocycles. The molecule has 7 nitrogen and oxygen atoms in total. The van der Waals surface area contributed by atoms with Gasteiger partial charge < -0.3 is 10.2 Å². The van der Waals surface area contributed by atoms with Gasteiger partial charge in [0.25, 0.3) is 0 Å². The van der Waals surface area contributed by atoms with Crippen LogP contribution >= 0.6 is 0 Å². The number of nitrogens with one attached hydrogen (secondary N) is 1. The summed E-state index contributed by atoms with van der Waals surface area (Å²) in [7, 11) is 1.84. The van der Waals surface area contributed by atoms with Crippen molar-refractivity contribution in [2.45, 2.75) is 20.3 Å². The van der Waals surface area contributed by atoms with Gasteiger partial charge in [0.2, 0.25) is 11.6 Å². The van der Waals surface area contributed by atoms with E-state index in [4.69, 9.17) is 0 Å². The number of hydrogen-bond acceptors (Lipinski definition) is 6. The first-order valence-corrected chi connectivity index (χ1v) is 6.49. The maximum absolute atomic E-state index is 11.2. The van der Waals surface area contributed by atoms with Gasteiger partial charge in [-0.25, -0.2) is 9.97 Å². The minimum absolute atomic E-state index is 0.0415. The average Bonchev–Trinajstić information content (AvgIpc) is 3.04. The summed E-state index contributed by atoms with van der Waals surface area (Å²) in [4.78, 5) is 20.7. The molecule has 104 valence electrons. The third kappa shape index (κ3) is 2.91. The second kappa shape index (κ2) is 5.38. The Balaban J connectivity index is 2.27. The molecule has 1 N–H and O–H groups in total. The first-order chi connectivity index (χ1) is 9.04. The third-order valence-electron chi connectivity index (χ3n) is 3.48. The lowest BCUT2D eigenvalue weighted by Gasteiger charge is -2.18. The number of aromatic nitrogens is 2. The van der Waals surface area contributed by atoms with Gasteiger partial charge in [-0.3, -0.25) is 10.1 Å². The maximum atomic E-state index is 11.2. The third-order valence-corrected chi connectivity index (χ3v) is 3.48. The van der Waals surface area contributed by atoms with Crippen molar-refractivity contribution in [1.29, 1.82) is 0 Å². The minimum Gasteiger partial charge on any atom is -0.364 e. The zero-order valence-corrected chi connectivity index (χ0v) is 11.5. The minimum atomic E-state index is -0.417. The molecule has 0 amide bonds. The Bertz CT molecular complexity index is 479. The van der Waals surface area contributed by atoms with E-state index in [2.05, 4.69) is 22.2 Å². The molecule has 1 aromatic rings. The fourth-order valence-corrected chi connectivity index (χ4v) is 2.21. The lowest BCUT2D eigenvalue weighted by atomic mass is 10.3. The molecule has 1 aromatic heterocycles. The predicted octanol–water partition coefficient (Wildman–Crippen LogP) is 1.91. The molecule has 2 rings (SSSR count). The topological polar surface area (TPSA) is 84.2 Å². The summed E-state index contributed by atoms with van der Waals surface area (Å²) >= 11 is 0. The highest BCUT2D eigenvalue weighted by molar-refractivity contribution is 5.70. The summed E-state index contributed by atoms with van der Waals surface area (Å²) < 4.78 is 0. The van der Waals surface area contributed by atoms with E-state index in [1.54, 1.807) is 0 Å². The van der Waals surface area contributed by atoms with Crippen LogP contribution in [-0.4, -0.2) is 35.0 Å². The van der Waals surface area contributed by atoms with E-state index in [-0.39, 0.29) is 11.5 Å². The fraction of sp³-hybridized carbons (Fsp3) is 0.667. The molecule has 0 bridgehead atoms. The second-order valence-electron chi connectivity index (χ2n) is 5.04. The summed E-state index contributed by atoms with van der Waals surface area (Å²) in [5.74, 6) is 1.99. The average molecular weight is 265 g/mol. The molecule has 1 aliphatic rings. The van der Waals surface area contributed by atoms with Gasteiger partial charge in [0.15, 0.2) is 0 Å². The van der Waals surface area contributed by atoms with Crippen LogP contribution < -0.4 is 10.2 Å². The van der Waals surface area contributed by atoms with Crippen molar-refractivity contribution in [3.05, 3.63) is 16.4 Å². The normalized spacial score (nSPS) is 21.0. The summed E-state index contributed by atoms with van der Waals surface area (Å²) in [6, 6.07) is 0. The number of nitrogens with zero attached hydrogens (tertiary/aromatic N) is 4. The van der Waals surface area contributed by atoms with Gasteiger partial charge in [0.1, 0.15) is 6.33 Å². The molecule has 0 saturated heterocycles. The molecule has 2 unspecified atom stereocenters. The first-order valence-electron chi connectivity index (χ1n) is 6.49. The van der Waals surface area contributed by atoms with E-state index in [0.29, 0.717) is 24.2 Å². The molecule has 7 heteroatoms. The smallest absolute Gasteiger partial charge is 0.353 e. The molecule has 0 aromatic carbocycles. The van der Waals surface area contributed by atoms with E-state index < -0.39 is 4.92 Å². The maximum Gasteiger partial charge on any atom is 0.353 e. The van der Waals surface area contributed by atoms with Crippen LogP contribution in [0.25, 0.3) is 0 Å². The standard InChI is InChI=1S/C12H19N5O2/c1-4-13-11-10(17(18)19)12(15-7-14-11)16(3)6-9-5-8(9)2/h7-9H,4-6H2,1-3H3,(H,13,14,15). The quantitative estimate of drug-likeness (QED) is 0.624. The van der Waals surface area contributed by atoms with Crippen molar-refractivity contribution < 1.29 is 4.92 Å². The van der Waals surface area contributed by atoms with E-state index in [1.165, 1.54) is 12.7 Å². The number of nitro groups is 1. The summed E-state index contributed by atoms with van der Waals surface area (Å²) in [6.45, 7) is 5.45. The molecule has 2 atom stereocenters. The monoisotopic (exact) mass is 265 g/mol. The Hall–Kier alpha value is -1.92. The Kier molecular flexibility index (Phi) is 3.82. The van der Waals surface area contributed by atoms with Crippen LogP contribution in [0.3, 0.4) is 0 Å². The van der Waals surface area contributed by atoms with Crippen LogP contribution in [0.5, 0.6) is 0 Å². The summed E-state index contributed by atoms with van der Waals surface area (Å²) in [6.07, 6.45) is 2.55. The van der Waals surface area contributed by atoms with Crippen LogP contribution in [0.4, 0.5) is 17.3 Å². The highest BCUT2D eigenvalue weighted by Crippen LogP contribution is 2.40. The molecular formula is C12H19N5O2.